The van der Waals surface area contributed by atoms with Gasteiger partial charge in [-0.1, -0.05) is 54.6 Å². The fraction of sp³-hybridized carbons (Fsp3) is 0.161. The fourth-order valence-electron chi connectivity index (χ4n) is 4.77. The van der Waals surface area contributed by atoms with Crippen molar-refractivity contribution in [1.29, 1.82) is 21.0 Å². The van der Waals surface area contributed by atoms with Crippen LogP contribution in [0.1, 0.15) is 23.6 Å². The van der Waals surface area contributed by atoms with Crippen molar-refractivity contribution in [1.82, 2.24) is 4.90 Å². The van der Waals surface area contributed by atoms with E-state index in [0.717, 1.165) is 17.0 Å². The predicted molar refractivity (Wildman–Crippen MR) is 143 cm³/mol. The van der Waals surface area contributed by atoms with Crippen LogP contribution in [0.25, 0.3) is 16.8 Å². The molecule has 1 aliphatic carbocycles. The Morgan fingerprint density at radius 3 is 1.87 bits per heavy atom. The molecule has 0 unspecified atom stereocenters. The summed E-state index contributed by atoms with van der Waals surface area (Å²) in [6.07, 6.45) is 3.88. The van der Waals surface area contributed by atoms with E-state index in [0.29, 0.717) is 46.6 Å². The third kappa shape index (κ3) is 4.77. The fourth-order valence-corrected chi connectivity index (χ4v) is 4.77. The maximum absolute atomic E-state index is 9.86. The molecule has 0 atom stereocenters. The van der Waals surface area contributed by atoms with Gasteiger partial charge in [0.15, 0.2) is 0 Å². The molecule has 0 radical (unpaired) electrons. The zero-order chi connectivity index (χ0) is 27.1. The van der Waals surface area contributed by atoms with Gasteiger partial charge in [-0.25, -0.2) is 0 Å². The van der Waals surface area contributed by atoms with Crippen molar-refractivity contribution in [3.8, 4) is 24.3 Å². The van der Waals surface area contributed by atoms with E-state index in [1.54, 1.807) is 24.3 Å². The molecule has 0 fully saturated rings. The van der Waals surface area contributed by atoms with E-state index in [1.165, 1.54) is 0 Å². The lowest BCUT2D eigenvalue weighted by atomic mass is 9.89. The Bertz CT molecular complexity index is 1490. The molecule has 184 valence electrons. The first-order valence-corrected chi connectivity index (χ1v) is 11.9. The summed E-state index contributed by atoms with van der Waals surface area (Å²) in [6, 6.07) is 25.0. The van der Waals surface area contributed by atoms with Gasteiger partial charge >= 0.3 is 0 Å². The van der Waals surface area contributed by atoms with Gasteiger partial charge in [-0.2, -0.15) is 21.0 Å². The summed E-state index contributed by atoms with van der Waals surface area (Å²) in [5, 5.41) is 48.5. The summed E-state index contributed by atoms with van der Waals surface area (Å²) < 4.78 is 5.53. The molecular formula is C31H23N5O2. The van der Waals surface area contributed by atoms with Gasteiger partial charge in [0.1, 0.15) is 35.4 Å². The second-order valence-electron chi connectivity index (χ2n) is 8.49. The van der Waals surface area contributed by atoms with Gasteiger partial charge in [-0.15, -0.1) is 0 Å². The van der Waals surface area contributed by atoms with Gasteiger partial charge in [0.05, 0.1) is 19.8 Å². The Balaban J connectivity index is 2.05. The Morgan fingerprint density at radius 2 is 1.34 bits per heavy atom. The van der Waals surface area contributed by atoms with E-state index in [1.807, 2.05) is 73.7 Å². The Hall–Kier alpha value is -5.18. The molecule has 1 N–H and O–H groups in total. The van der Waals surface area contributed by atoms with Crippen LogP contribution in [0.3, 0.4) is 0 Å². The third-order valence-corrected chi connectivity index (χ3v) is 6.34. The number of ether oxygens (including phenoxy) is 1. The molecular weight excluding hydrogens is 474 g/mol. The minimum atomic E-state index is -0.0919. The molecule has 2 aromatic rings. The van der Waals surface area contributed by atoms with Gasteiger partial charge in [0, 0.05) is 34.7 Å². The molecule has 2 aliphatic rings. The highest BCUT2D eigenvalue weighted by Gasteiger charge is 2.34. The largest absolute Gasteiger partial charge is 0.394 e. The zero-order valence-corrected chi connectivity index (χ0v) is 20.8. The van der Waals surface area contributed by atoms with Gasteiger partial charge in [-0.3, -0.25) is 0 Å². The van der Waals surface area contributed by atoms with Crippen molar-refractivity contribution in [2.45, 2.75) is 6.92 Å². The van der Waals surface area contributed by atoms with Crippen molar-refractivity contribution in [2.75, 3.05) is 26.4 Å². The highest BCUT2D eigenvalue weighted by atomic mass is 16.5. The van der Waals surface area contributed by atoms with E-state index in [4.69, 9.17) is 9.84 Å². The smallest absolute Gasteiger partial charge is 0.138 e. The van der Waals surface area contributed by atoms with E-state index >= 15 is 0 Å². The van der Waals surface area contributed by atoms with Crippen LogP contribution >= 0.6 is 0 Å². The van der Waals surface area contributed by atoms with Gasteiger partial charge in [-0.05, 0) is 41.3 Å². The molecule has 1 aliphatic heterocycles. The number of benzene rings is 2. The Kier molecular flexibility index (Phi) is 7.98. The molecule has 38 heavy (non-hydrogen) atoms. The number of nitrogens with zero attached hydrogens (tertiary/aromatic N) is 5. The molecule has 2 aromatic carbocycles. The summed E-state index contributed by atoms with van der Waals surface area (Å²) in [5.41, 5.74) is 5.76. The summed E-state index contributed by atoms with van der Waals surface area (Å²) >= 11 is 0. The minimum absolute atomic E-state index is 0.0581. The van der Waals surface area contributed by atoms with Crippen LogP contribution in [-0.4, -0.2) is 36.4 Å². The summed E-state index contributed by atoms with van der Waals surface area (Å²) in [7, 11) is 0. The number of aliphatic hydroxyl groups excluding tert-OH is 1. The first-order chi connectivity index (χ1) is 18.6. The Morgan fingerprint density at radius 1 is 0.789 bits per heavy atom. The van der Waals surface area contributed by atoms with E-state index in [9.17, 15) is 21.0 Å². The van der Waals surface area contributed by atoms with Gasteiger partial charge < -0.3 is 14.7 Å². The molecule has 0 aromatic heterocycles. The summed E-state index contributed by atoms with van der Waals surface area (Å²) in [6.45, 7) is 3.05. The molecule has 0 bridgehead atoms. The van der Waals surface area contributed by atoms with E-state index in [2.05, 4.69) is 4.90 Å². The second-order valence-corrected chi connectivity index (χ2v) is 8.49. The summed E-state index contributed by atoms with van der Waals surface area (Å²) in [4.78, 5) is 2.09. The number of hydrogen-bond donors (Lipinski definition) is 1. The van der Waals surface area contributed by atoms with Crippen LogP contribution in [0.5, 0.6) is 0 Å². The topological polar surface area (TPSA) is 128 Å². The number of aliphatic hydroxyl groups is 1. The maximum atomic E-state index is 9.86. The molecule has 0 saturated heterocycles. The van der Waals surface area contributed by atoms with Crippen LogP contribution in [0, 0.1) is 45.3 Å². The minimum Gasteiger partial charge on any atom is -0.394 e. The van der Waals surface area contributed by atoms with Crippen molar-refractivity contribution < 1.29 is 9.84 Å². The first kappa shape index (κ1) is 25.9. The molecule has 7 nitrogen and oxygen atoms in total. The predicted octanol–water partition coefficient (Wildman–Crippen LogP) is 4.87. The van der Waals surface area contributed by atoms with E-state index in [-0.39, 0.29) is 24.4 Å². The van der Waals surface area contributed by atoms with E-state index < -0.39 is 0 Å². The summed E-state index contributed by atoms with van der Waals surface area (Å²) in [5.74, 6) is 0. The molecule has 0 saturated carbocycles. The highest BCUT2D eigenvalue weighted by molar-refractivity contribution is 6.13. The average molecular weight is 498 g/mol. The van der Waals surface area contributed by atoms with Crippen LogP contribution in [-0.2, 0) is 4.74 Å². The molecule has 1 heterocycles. The number of rotatable bonds is 6. The maximum Gasteiger partial charge on any atom is 0.138 e. The average Bonchev–Trinajstić information content (AvgIpc) is 3.28. The second kappa shape index (κ2) is 11.7. The number of allylic oxidation sites excluding steroid dienone is 9. The van der Waals surface area contributed by atoms with Crippen LogP contribution in [0.2, 0.25) is 0 Å². The van der Waals surface area contributed by atoms with Crippen molar-refractivity contribution in [2.24, 2.45) is 0 Å². The van der Waals surface area contributed by atoms with Crippen molar-refractivity contribution in [3.63, 3.8) is 0 Å². The monoisotopic (exact) mass is 497 g/mol. The number of fused-ring (bicyclic) bond motifs is 1. The quantitative estimate of drug-likeness (QED) is 0.445. The first-order valence-electron chi connectivity index (χ1n) is 11.9. The molecule has 0 amide bonds. The Labute approximate surface area is 221 Å². The van der Waals surface area contributed by atoms with Crippen LogP contribution in [0.4, 0.5) is 0 Å². The number of hydrogen-bond acceptors (Lipinski definition) is 7. The van der Waals surface area contributed by atoms with Crippen LogP contribution < -0.4 is 0 Å². The van der Waals surface area contributed by atoms with Crippen LogP contribution in [0.15, 0.2) is 94.7 Å². The zero-order valence-electron chi connectivity index (χ0n) is 20.8. The third-order valence-electron chi connectivity index (χ3n) is 6.34. The SMILES string of the molecule is CC1=CC(=C2C(=C(C#N)C#N)c3ccccc3C2=C(C#N)C#N)C=C(c2ccccc2)N1CCOCCO. The standard InChI is InChI=1S/C31H23N5O2/c1-21-15-23(16-28(22-7-3-2-4-8-22)36(21)11-13-38-14-12-37)31-29(24(17-32)18-33)26-9-5-6-10-27(26)30(31)25(19-34)20-35/h2-10,15-16,37H,11-14H2,1H3. The lowest BCUT2D eigenvalue weighted by Crippen LogP contribution is -2.27. The van der Waals surface area contributed by atoms with Gasteiger partial charge in [0.2, 0.25) is 0 Å². The van der Waals surface area contributed by atoms with Gasteiger partial charge in [0.25, 0.3) is 0 Å². The highest BCUT2D eigenvalue weighted by Crippen LogP contribution is 2.50. The molecule has 0 spiro atoms. The normalized spacial score (nSPS) is 14.0. The van der Waals surface area contributed by atoms with Crippen molar-refractivity contribution in [3.05, 3.63) is 111 Å². The lowest BCUT2D eigenvalue weighted by molar-refractivity contribution is 0.0862. The van der Waals surface area contributed by atoms with Crippen molar-refractivity contribution >= 4 is 16.8 Å². The lowest BCUT2D eigenvalue weighted by Gasteiger charge is -2.32. The molecule has 7 heteroatoms. The molecule has 4 rings (SSSR count). The number of nitriles is 4.